The topological polar surface area (TPSA) is 46.2 Å². The van der Waals surface area contributed by atoms with Gasteiger partial charge in [0.05, 0.1) is 5.02 Å². The largest absolute Gasteiger partial charge is 0.506 e. The second kappa shape index (κ2) is 5.66. The van der Waals surface area contributed by atoms with Crippen LogP contribution in [0.15, 0.2) is 6.07 Å². The van der Waals surface area contributed by atoms with Crippen LogP contribution in [0.2, 0.25) is 10.0 Å². The second-order valence-electron chi connectivity index (χ2n) is 2.72. The fraction of sp³-hybridized carbons (Fsp3) is 0.333. The number of aromatic hydroxyl groups is 1. The van der Waals surface area contributed by atoms with Gasteiger partial charge in [-0.1, -0.05) is 30.1 Å². The molecule has 1 aromatic rings. The SMILES string of the molecule is CCc1c(Cl)cc(CN)c(O)c1Cl.Cl. The van der Waals surface area contributed by atoms with Crippen molar-refractivity contribution in [3.05, 3.63) is 27.2 Å². The predicted molar refractivity (Wildman–Crippen MR) is 62.6 cm³/mol. The van der Waals surface area contributed by atoms with Crippen LogP contribution in [-0.4, -0.2) is 5.11 Å². The quantitative estimate of drug-likeness (QED) is 0.854. The minimum absolute atomic E-state index is 0. The van der Waals surface area contributed by atoms with Crippen molar-refractivity contribution in [2.24, 2.45) is 5.73 Å². The van der Waals surface area contributed by atoms with Crippen molar-refractivity contribution < 1.29 is 5.11 Å². The highest BCUT2D eigenvalue weighted by Crippen LogP contribution is 2.36. The van der Waals surface area contributed by atoms with E-state index in [1.54, 1.807) is 6.07 Å². The summed E-state index contributed by atoms with van der Waals surface area (Å²) in [4.78, 5) is 0. The number of hydrogen-bond donors (Lipinski definition) is 2. The summed E-state index contributed by atoms with van der Waals surface area (Å²) >= 11 is 11.8. The molecule has 14 heavy (non-hydrogen) atoms. The molecule has 0 spiro atoms. The van der Waals surface area contributed by atoms with Gasteiger partial charge in [-0.05, 0) is 18.1 Å². The van der Waals surface area contributed by atoms with E-state index in [0.29, 0.717) is 22.0 Å². The Labute approximate surface area is 99.4 Å². The van der Waals surface area contributed by atoms with Crippen molar-refractivity contribution >= 4 is 35.6 Å². The van der Waals surface area contributed by atoms with Crippen LogP contribution < -0.4 is 5.73 Å². The average molecular weight is 257 g/mol. The second-order valence-corrected chi connectivity index (χ2v) is 3.50. The number of hydrogen-bond acceptors (Lipinski definition) is 2. The first-order valence-corrected chi connectivity index (χ1v) is 4.76. The molecule has 0 fully saturated rings. The van der Waals surface area contributed by atoms with Gasteiger partial charge in [0, 0.05) is 17.1 Å². The molecule has 0 aliphatic carbocycles. The van der Waals surface area contributed by atoms with Crippen molar-refractivity contribution in [3.8, 4) is 5.75 Å². The fourth-order valence-electron chi connectivity index (χ4n) is 1.18. The molecule has 2 nitrogen and oxygen atoms in total. The van der Waals surface area contributed by atoms with E-state index in [4.69, 9.17) is 28.9 Å². The monoisotopic (exact) mass is 255 g/mol. The van der Waals surface area contributed by atoms with Gasteiger partial charge in [0.2, 0.25) is 0 Å². The molecule has 0 aromatic heterocycles. The number of nitrogens with two attached hydrogens (primary N) is 1. The van der Waals surface area contributed by atoms with E-state index in [0.717, 1.165) is 5.56 Å². The molecule has 0 radical (unpaired) electrons. The van der Waals surface area contributed by atoms with Crippen LogP contribution in [0.25, 0.3) is 0 Å². The standard InChI is InChI=1S/C9H11Cl2NO.ClH/c1-2-6-7(10)3-5(4-12)9(13)8(6)11;/h3,13H,2,4,12H2,1H3;1H. The summed E-state index contributed by atoms with van der Waals surface area (Å²) in [5.41, 5.74) is 6.74. The first kappa shape index (κ1) is 13.8. The Morgan fingerprint density at radius 3 is 2.43 bits per heavy atom. The molecule has 1 aromatic carbocycles. The smallest absolute Gasteiger partial charge is 0.139 e. The molecule has 0 aliphatic heterocycles. The van der Waals surface area contributed by atoms with Crippen LogP contribution in [0.1, 0.15) is 18.1 Å². The summed E-state index contributed by atoms with van der Waals surface area (Å²) in [7, 11) is 0. The van der Waals surface area contributed by atoms with Crippen LogP contribution in [0.5, 0.6) is 5.75 Å². The van der Waals surface area contributed by atoms with Crippen molar-refractivity contribution in [1.82, 2.24) is 0 Å². The summed E-state index contributed by atoms with van der Waals surface area (Å²) in [6.07, 6.45) is 0.691. The van der Waals surface area contributed by atoms with Crippen LogP contribution in [-0.2, 0) is 13.0 Å². The molecular weight excluding hydrogens is 244 g/mol. The third kappa shape index (κ3) is 2.45. The summed E-state index contributed by atoms with van der Waals surface area (Å²) < 4.78 is 0. The Bertz CT molecular complexity index is 328. The highest BCUT2D eigenvalue weighted by atomic mass is 35.5. The molecule has 5 heteroatoms. The van der Waals surface area contributed by atoms with E-state index in [2.05, 4.69) is 0 Å². The van der Waals surface area contributed by atoms with E-state index in [9.17, 15) is 5.11 Å². The maximum Gasteiger partial charge on any atom is 0.139 e. The van der Waals surface area contributed by atoms with Crippen molar-refractivity contribution in [2.45, 2.75) is 19.9 Å². The van der Waals surface area contributed by atoms with Gasteiger partial charge in [0.25, 0.3) is 0 Å². The zero-order valence-corrected chi connectivity index (χ0v) is 10.0. The van der Waals surface area contributed by atoms with E-state index in [1.807, 2.05) is 6.92 Å². The lowest BCUT2D eigenvalue weighted by atomic mass is 10.1. The van der Waals surface area contributed by atoms with E-state index >= 15 is 0 Å². The van der Waals surface area contributed by atoms with Crippen LogP contribution in [0.4, 0.5) is 0 Å². The Balaban J connectivity index is 0.00000169. The Morgan fingerprint density at radius 2 is 2.00 bits per heavy atom. The van der Waals surface area contributed by atoms with Gasteiger partial charge in [-0.25, -0.2) is 0 Å². The summed E-state index contributed by atoms with van der Waals surface area (Å²) in [5.74, 6) is 0.0467. The zero-order chi connectivity index (χ0) is 10.0. The van der Waals surface area contributed by atoms with Gasteiger partial charge in [-0.3, -0.25) is 0 Å². The Morgan fingerprint density at radius 1 is 1.43 bits per heavy atom. The molecule has 0 unspecified atom stereocenters. The average Bonchev–Trinajstić information content (AvgIpc) is 2.12. The normalized spacial score (nSPS) is 9.71. The number of benzene rings is 1. The molecule has 0 atom stereocenters. The number of rotatable bonds is 2. The van der Waals surface area contributed by atoms with Gasteiger partial charge in [0.1, 0.15) is 5.75 Å². The number of halogens is 3. The van der Waals surface area contributed by atoms with Crippen molar-refractivity contribution in [1.29, 1.82) is 0 Å². The number of phenols is 1. The predicted octanol–water partition coefficient (Wildman–Crippen LogP) is 3.14. The van der Waals surface area contributed by atoms with Crippen LogP contribution >= 0.6 is 35.6 Å². The van der Waals surface area contributed by atoms with Gasteiger partial charge in [0.15, 0.2) is 0 Å². The van der Waals surface area contributed by atoms with E-state index < -0.39 is 0 Å². The maximum absolute atomic E-state index is 9.56. The molecule has 0 saturated carbocycles. The summed E-state index contributed by atoms with van der Waals surface area (Å²) in [5, 5.41) is 10.4. The molecule has 1 rings (SSSR count). The van der Waals surface area contributed by atoms with Gasteiger partial charge >= 0.3 is 0 Å². The maximum atomic E-state index is 9.56. The third-order valence-corrected chi connectivity index (χ3v) is 2.68. The minimum atomic E-state index is 0. The van der Waals surface area contributed by atoms with Gasteiger partial charge in [-0.15, -0.1) is 12.4 Å². The lowest BCUT2D eigenvalue weighted by Gasteiger charge is -2.09. The molecular formula is C9H12Cl3NO. The van der Waals surface area contributed by atoms with Gasteiger partial charge in [-0.2, -0.15) is 0 Å². The first-order chi connectivity index (χ1) is 6.11. The molecule has 0 saturated heterocycles. The molecule has 80 valence electrons. The Kier molecular flexibility index (Phi) is 5.60. The number of phenolic OH excluding ortho intramolecular Hbond substituents is 1. The highest BCUT2D eigenvalue weighted by Gasteiger charge is 2.12. The Hall–Kier alpha value is -0.150. The first-order valence-electron chi connectivity index (χ1n) is 4.00. The van der Waals surface area contributed by atoms with Crippen LogP contribution in [0.3, 0.4) is 0 Å². The highest BCUT2D eigenvalue weighted by molar-refractivity contribution is 6.37. The van der Waals surface area contributed by atoms with Gasteiger partial charge < -0.3 is 10.8 Å². The van der Waals surface area contributed by atoms with E-state index in [-0.39, 0.29) is 24.7 Å². The molecule has 0 amide bonds. The summed E-state index contributed by atoms with van der Waals surface area (Å²) in [6, 6.07) is 1.65. The molecule has 0 heterocycles. The van der Waals surface area contributed by atoms with Crippen molar-refractivity contribution in [3.63, 3.8) is 0 Å². The molecule has 3 N–H and O–H groups in total. The zero-order valence-electron chi connectivity index (χ0n) is 7.68. The van der Waals surface area contributed by atoms with Crippen LogP contribution in [0, 0.1) is 0 Å². The minimum Gasteiger partial charge on any atom is -0.506 e. The lowest BCUT2D eigenvalue weighted by Crippen LogP contribution is -1.98. The van der Waals surface area contributed by atoms with Crippen molar-refractivity contribution in [2.75, 3.05) is 0 Å². The molecule has 0 aliphatic rings. The molecule has 0 bridgehead atoms. The third-order valence-electron chi connectivity index (χ3n) is 1.94. The summed E-state index contributed by atoms with van der Waals surface area (Å²) in [6.45, 7) is 2.16. The lowest BCUT2D eigenvalue weighted by molar-refractivity contribution is 0.468. The fourth-order valence-corrected chi connectivity index (χ4v) is 1.94. The van der Waals surface area contributed by atoms with E-state index in [1.165, 1.54) is 0 Å².